The van der Waals surface area contributed by atoms with Crippen LogP contribution in [0.2, 0.25) is 5.02 Å². The van der Waals surface area contributed by atoms with Gasteiger partial charge >= 0.3 is 0 Å². The lowest BCUT2D eigenvalue weighted by Gasteiger charge is -2.14. The van der Waals surface area contributed by atoms with Crippen molar-refractivity contribution >= 4 is 58.3 Å². The van der Waals surface area contributed by atoms with Crippen LogP contribution in [0.15, 0.2) is 93.7 Å². The van der Waals surface area contributed by atoms with E-state index in [-0.39, 0.29) is 24.8 Å². The van der Waals surface area contributed by atoms with Crippen molar-refractivity contribution in [1.82, 2.24) is 4.90 Å². The fraction of sp³-hybridized carbons (Fsp3) is 0.120. The number of hydrogen-bond acceptors (Lipinski definition) is 6. The van der Waals surface area contributed by atoms with Crippen molar-refractivity contribution in [2.45, 2.75) is 18.2 Å². The molecule has 0 saturated carbocycles. The number of rotatable bonds is 8. The fourth-order valence-electron chi connectivity index (χ4n) is 3.17. The zero-order valence-electron chi connectivity index (χ0n) is 18.0. The number of carbonyl (C=O) groups excluding carboxylic acids is 2. The predicted octanol–water partition coefficient (Wildman–Crippen LogP) is 5.46. The minimum Gasteiger partial charge on any atom is -0.467 e. The molecule has 0 spiro atoms. The van der Waals surface area contributed by atoms with Crippen LogP contribution in [-0.2, 0) is 16.1 Å². The molecule has 1 aliphatic heterocycles. The molecule has 2 heterocycles. The third-order valence-electron chi connectivity index (χ3n) is 4.80. The Balaban J connectivity index is 1.44. The van der Waals surface area contributed by atoms with Gasteiger partial charge in [-0.1, -0.05) is 59.8 Å². The first-order valence-corrected chi connectivity index (χ1v) is 11.7. The number of thioether (sulfide) groups is 1. The normalized spacial score (nSPS) is 17.3. The summed E-state index contributed by atoms with van der Waals surface area (Å²) >= 11 is 7.09. The predicted molar refractivity (Wildman–Crippen MR) is 137 cm³/mol. The van der Waals surface area contributed by atoms with Gasteiger partial charge in [0.25, 0.3) is 0 Å². The second-order valence-corrected chi connectivity index (χ2v) is 8.89. The number of amides is 2. The molecule has 1 unspecified atom stereocenters. The first-order chi connectivity index (χ1) is 16.6. The molecule has 7 nitrogen and oxygen atoms in total. The van der Waals surface area contributed by atoms with Crippen LogP contribution < -0.4 is 5.32 Å². The SMILES string of the molecule is O=C(CC1SC(=NN=CC=Cc2ccccc2)N(Cc2ccco2)C1=O)Nc1ccc(Cl)cc1. The van der Waals surface area contributed by atoms with Gasteiger partial charge in [-0.05, 0) is 48.0 Å². The van der Waals surface area contributed by atoms with Gasteiger partial charge in [0.05, 0.1) is 12.8 Å². The molecular formula is C25H21ClN4O3S. The standard InChI is InChI=1S/C25H21ClN4O3S/c26-19-10-12-20(13-11-19)28-23(31)16-22-24(32)30(17-21-9-5-15-33-21)25(34-22)29-27-14-4-8-18-6-2-1-3-7-18/h1-15,22H,16-17H2,(H,28,31). The molecule has 1 aliphatic rings. The maximum atomic E-state index is 13.1. The number of halogens is 1. The molecule has 0 bridgehead atoms. The summed E-state index contributed by atoms with van der Waals surface area (Å²) in [5.41, 5.74) is 1.65. The van der Waals surface area contributed by atoms with E-state index in [0.717, 1.165) is 5.56 Å². The van der Waals surface area contributed by atoms with Crippen LogP contribution in [0.4, 0.5) is 5.69 Å². The van der Waals surface area contributed by atoms with Crippen molar-refractivity contribution in [2.75, 3.05) is 5.32 Å². The van der Waals surface area contributed by atoms with Gasteiger partial charge in [0.1, 0.15) is 11.0 Å². The van der Waals surface area contributed by atoms with Crippen LogP contribution >= 0.6 is 23.4 Å². The summed E-state index contributed by atoms with van der Waals surface area (Å²) in [5.74, 6) is 0.115. The van der Waals surface area contributed by atoms with Gasteiger partial charge in [-0.2, -0.15) is 5.10 Å². The maximum Gasteiger partial charge on any atom is 0.243 e. The molecule has 1 N–H and O–H groups in total. The van der Waals surface area contributed by atoms with Crippen molar-refractivity contribution in [1.29, 1.82) is 0 Å². The van der Waals surface area contributed by atoms with Crippen LogP contribution in [0.5, 0.6) is 0 Å². The van der Waals surface area contributed by atoms with Crippen molar-refractivity contribution < 1.29 is 14.0 Å². The number of amidine groups is 1. The molecule has 2 aromatic carbocycles. The lowest BCUT2D eigenvalue weighted by molar-refractivity contribution is -0.128. The second-order valence-electron chi connectivity index (χ2n) is 7.29. The number of nitrogens with zero attached hydrogens (tertiary/aromatic N) is 3. The summed E-state index contributed by atoms with van der Waals surface area (Å²) in [4.78, 5) is 27.1. The monoisotopic (exact) mass is 492 g/mol. The molecule has 1 saturated heterocycles. The van der Waals surface area contributed by atoms with Crippen LogP contribution in [0.3, 0.4) is 0 Å². The lowest BCUT2D eigenvalue weighted by Crippen LogP contribution is -2.33. The highest BCUT2D eigenvalue weighted by Crippen LogP contribution is 2.31. The van der Waals surface area contributed by atoms with E-state index in [2.05, 4.69) is 15.5 Å². The number of anilines is 1. The first-order valence-electron chi connectivity index (χ1n) is 10.5. The zero-order valence-corrected chi connectivity index (χ0v) is 19.6. The number of hydrogen-bond donors (Lipinski definition) is 1. The second kappa shape index (κ2) is 11.5. The van der Waals surface area contributed by atoms with Gasteiger partial charge < -0.3 is 9.73 Å². The molecule has 0 aliphatic carbocycles. The quantitative estimate of drug-likeness (QED) is 0.334. The van der Waals surface area contributed by atoms with Crippen molar-refractivity contribution in [2.24, 2.45) is 10.2 Å². The summed E-state index contributed by atoms with van der Waals surface area (Å²) < 4.78 is 5.39. The minimum atomic E-state index is -0.615. The van der Waals surface area contributed by atoms with Gasteiger partial charge in [0.2, 0.25) is 11.8 Å². The van der Waals surface area contributed by atoms with Crippen molar-refractivity contribution in [3.8, 4) is 0 Å². The lowest BCUT2D eigenvalue weighted by atomic mass is 10.2. The number of nitrogens with one attached hydrogen (secondary N) is 1. The maximum absolute atomic E-state index is 13.1. The highest BCUT2D eigenvalue weighted by Gasteiger charge is 2.39. The Morgan fingerprint density at radius 3 is 2.65 bits per heavy atom. The Bertz CT molecular complexity index is 1210. The van der Waals surface area contributed by atoms with E-state index in [1.165, 1.54) is 16.7 Å². The summed E-state index contributed by atoms with van der Waals surface area (Å²) in [5, 5.41) is 11.5. The van der Waals surface area contributed by atoms with Crippen LogP contribution in [0, 0.1) is 0 Å². The minimum absolute atomic E-state index is 0.00255. The van der Waals surface area contributed by atoms with Crippen LogP contribution in [0.25, 0.3) is 6.08 Å². The summed E-state index contributed by atoms with van der Waals surface area (Å²) in [6.45, 7) is 0.211. The largest absolute Gasteiger partial charge is 0.467 e. The Hall–Kier alpha value is -3.62. The molecule has 2 amide bonds. The molecule has 0 radical (unpaired) electrons. The molecule has 34 heavy (non-hydrogen) atoms. The number of allylic oxidation sites excluding steroid dienone is 1. The molecule has 1 aromatic heterocycles. The van der Waals surface area contributed by atoms with E-state index in [4.69, 9.17) is 16.0 Å². The summed E-state index contributed by atoms with van der Waals surface area (Å²) in [6.07, 6.45) is 6.77. The van der Waals surface area contributed by atoms with E-state index in [1.807, 2.05) is 36.4 Å². The molecule has 1 fully saturated rings. The van der Waals surface area contributed by atoms with Gasteiger partial charge in [0, 0.05) is 23.3 Å². The smallest absolute Gasteiger partial charge is 0.243 e. The van der Waals surface area contributed by atoms with Gasteiger partial charge in [-0.25, -0.2) is 0 Å². The highest BCUT2D eigenvalue weighted by atomic mass is 35.5. The Labute approximate surface area is 206 Å². The number of benzene rings is 2. The molecule has 172 valence electrons. The first kappa shape index (κ1) is 23.5. The summed E-state index contributed by atoms with van der Waals surface area (Å²) in [6, 6.07) is 20.1. The molecule has 1 atom stereocenters. The molecule has 4 rings (SSSR count). The molecular weight excluding hydrogens is 472 g/mol. The van der Waals surface area contributed by atoms with Gasteiger partial charge in [-0.15, -0.1) is 5.10 Å². The third kappa shape index (κ3) is 6.46. The molecule has 3 aromatic rings. The van der Waals surface area contributed by atoms with Crippen LogP contribution in [0.1, 0.15) is 17.7 Å². The fourth-order valence-corrected chi connectivity index (χ4v) is 4.39. The van der Waals surface area contributed by atoms with E-state index in [0.29, 0.717) is 21.6 Å². The van der Waals surface area contributed by atoms with Gasteiger partial charge in [0.15, 0.2) is 5.17 Å². The summed E-state index contributed by atoms with van der Waals surface area (Å²) in [7, 11) is 0. The van der Waals surface area contributed by atoms with Crippen molar-refractivity contribution in [3.05, 3.63) is 95.4 Å². The Morgan fingerprint density at radius 1 is 1.12 bits per heavy atom. The average Bonchev–Trinajstić information content (AvgIpc) is 3.45. The average molecular weight is 493 g/mol. The van der Waals surface area contributed by atoms with Crippen molar-refractivity contribution in [3.63, 3.8) is 0 Å². The Kier molecular flexibility index (Phi) is 7.95. The number of carbonyl (C=O) groups is 2. The van der Waals surface area contributed by atoms with E-state index >= 15 is 0 Å². The van der Waals surface area contributed by atoms with E-state index in [9.17, 15) is 9.59 Å². The van der Waals surface area contributed by atoms with E-state index < -0.39 is 5.25 Å². The van der Waals surface area contributed by atoms with Gasteiger partial charge in [-0.3, -0.25) is 14.5 Å². The third-order valence-corrected chi connectivity index (χ3v) is 6.21. The highest BCUT2D eigenvalue weighted by molar-refractivity contribution is 8.15. The molecule has 9 heteroatoms. The topological polar surface area (TPSA) is 87.3 Å². The Morgan fingerprint density at radius 2 is 1.91 bits per heavy atom. The van der Waals surface area contributed by atoms with Crippen LogP contribution in [-0.4, -0.2) is 33.3 Å². The van der Waals surface area contributed by atoms with E-state index in [1.54, 1.807) is 55.0 Å². The number of furan rings is 1. The zero-order chi connectivity index (χ0) is 23.8.